The summed E-state index contributed by atoms with van der Waals surface area (Å²) in [5, 5.41) is 12.0. The number of rotatable bonds is 4. The molecule has 0 unspecified atom stereocenters. The van der Waals surface area contributed by atoms with Gasteiger partial charge in [0.25, 0.3) is 0 Å². The first-order valence-electron chi connectivity index (χ1n) is 5.90. The van der Waals surface area contributed by atoms with Gasteiger partial charge in [0.15, 0.2) is 11.6 Å². The first kappa shape index (κ1) is 14.4. The van der Waals surface area contributed by atoms with E-state index in [1.807, 2.05) is 6.07 Å². The summed E-state index contributed by atoms with van der Waals surface area (Å²) < 4.78 is 19.2. The highest BCUT2D eigenvalue weighted by molar-refractivity contribution is 9.10. The van der Waals surface area contributed by atoms with Crippen molar-refractivity contribution in [1.82, 2.24) is 0 Å². The fourth-order valence-electron chi connectivity index (χ4n) is 1.75. The molecule has 2 aromatic carbocycles. The van der Waals surface area contributed by atoms with Crippen molar-refractivity contribution in [1.29, 1.82) is 5.26 Å². The molecule has 0 radical (unpaired) electrons. The molecule has 0 atom stereocenters. The minimum absolute atomic E-state index is 0.230. The second-order valence-electron chi connectivity index (χ2n) is 4.13. The summed E-state index contributed by atoms with van der Waals surface area (Å²) in [7, 11) is 1.43. The standard InChI is InChI=1S/C15H12BrFN2O/c1-20-15-5-3-11(7-13(15)17)9-19-14-4-2-10(8-18)6-12(14)16/h2-7,19H,9H2,1H3. The maximum Gasteiger partial charge on any atom is 0.165 e. The first-order chi connectivity index (χ1) is 9.63. The van der Waals surface area contributed by atoms with Crippen molar-refractivity contribution in [2.24, 2.45) is 0 Å². The summed E-state index contributed by atoms with van der Waals surface area (Å²) in [4.78, 5) is 0. The number of nitriles is 1. The number of methoxy groups -OCH3 is 1. The number of anilines is 1. The molecular weight excluding hydrogens is 323 g/mol. The lowest BCUT2D eigenvalue weighted by atomic mass is 10.2. The smallest absolute Gasteiger partial charge is 0.165 e. The lowest BCUT2D eigenvalue weighted by molar-refractivity contribution is 0.386. The molecule has 0 heterocycles. The van der Waals surface area contributed by atoms with Gasteiger partial charge in [0.1, 0.15) is 0 Å². The molecule has 0 spiro atoms. The van der Waals surface area contributed by atoms with E-state index in [9.17, 15) is 4.39 Å². The average molecular weight is 335 g/mol. The maximum absolute atomic E-state index is 13.6. The number of benzene rings is 2. The van der Waals surface area contributed by atoms with Gasteiger partial charge in [-0.1, -0.05) is 6.07 Å². The molecule has 2 aromatic rings. The molecule has 0 saturated heterocycles. The van der Waals surface area contributed by atoms with Crippen LogP contribution in [0.3, 0.4) is 0 Å². The molecule has 0 aliphatic heterocycles. The summed E-state index contributed by atoms with van der Waals surface area (Å²) in [5.41, 5.74) is 2.23. The monoisotopic (exact) mass is 334 g/mol. The maximum atomic E-state index is 13.6. The minimum Gasteiger partial charge on any atom is -0.494 e. The Morgan fingerprint density at radius 1 is 1.30 bits per heavy atom. The molecule has 1 N–H and O–H groups in total. The Morgan fingerprint density at radius 3 is 2.70 bits per heavy atom. The highest BCUT2D eigenvalue weighted by Crippen LogP contribution is 2.24. The average Bonchev–Trinajstić information content (AvgIpc) is 2.46. The van der Waals surface area contributed by atoms with Gasteiger partial charge < -0.3 is 10.1 Å². The van der Waals surface area contributed by atoms with E-state index >= 15 is 0 Å². The van der Waals surface area contributed by atoms with Gasteiger partial charge in [-0.15, -0.1) is 0 Å². The third kappa shape index (κ3) is 3.28. The van der Waals surface area contributed by atoms with Gasteiger partial charge in [0.05, 0.1) is 18.7 Å². The molecular formula is C15H12BrFN2O. The van der Waals surface area contributed by atoms with Crippen molar-refractivity contribution in [3.63, 3.8) is 0 Å². The quantitative estimate of drug-likeness (QED) is 0.916. The highest BCUT2D eigenvalue weighted by atomic mass is 79.9. The fraction of sp³-hybridized carbons (Fsp3) is 0.133. The van der Waals surface area contributed by atoms with Gasteiger partial charge in [0, 0.05) is 16.7 Å². The Kier molecular flexibility index (Phi) is 4.59. The Labute approximate surface area is 125 Å². The Morgan fingerprint density at radius 2 is 2.10 bits per heavy atom. The van der Waals surface area contributed by atoms with Gasteiger partial charge in [-0.05, 0) is 51.8 Å². The summed E-state index contributed by atoms with van der Waals surface area (Å²) in [5.74, 6) is -0.154. The van der Waals surface area contributed by atoms with Gasteiger partial charge in [-0.25, -0.2) is 4.39 Å². The van der Waals surface area contributed by atoms with Crippen LogP contribution in [0.2, 0.25) is 0 Å². The zero-order chi connectivity index (χ0) is 14.5. The van der Waals surface area contributed by atoms with E-state index in [0.717, 1.165) is 15.7 Å². The Hall–Kier alpha value is -2.06. The minimum atomic E-state index is -0.384. The second-order valence-corrected chi connectivity index (χ2v) is 4.98. The highest BCUT2D eigenvalue weighted by Gasteiger charge is 2.05. The van der Waals surface area contributed by atoms with Crippen LogP contribution < -0.4 is 10.1 Å². The van der Waals surface area contributed by atoms with Crippen LogP contribution in [0.1, 0.15) is 11.1 Å². The SMILES string of the molecule is COc1ccc(CNc2ccc(C#N)cc2Br)cc1F. The number of ether oxygens (including phenoxy) is 1. The largest absolute Gasteiger partial charge is 0.494 e. The molecule has 5 heteroatoms. The van der Waals surface area contributed by atoms with Crippen LogP contribution in [0.5, 0.6) is 5.75 Å². The van der Waals surface area contributed by atoms with E-state index < -0.39 is 0 Å². The van der Waals surface area contributed by atoms with Crippen molar-refractivity contribution in [2.75, 3.05) is 12.4 Å². The van der Waals surface area contributed by atoms with Crippen LogP contribution >= 0.6 is 15.9 Å². The van der Waals surface area contributed by atoms with Crippen LogP contribution in [0.25, 0.3) is 0 Å². The first-order valence-corrected chi connectivity index (χ1v) is 6.69. The van der Waals surface area contributed by atoms with Gasteiger partial charge in [-0.3, -0.25) is 0 Å². The normalized spacial score (nSPS) is 9.90. The topological polar surface area (TPSA) is 45.0 Å². The second kappa shape index (κ2) is 6.40. The summed E-state index contributed by atoms with van der Waals surface area (Å²) in [6.07, 6.45) is 0. The van der Waals surface area contributed by atoms with E-state index in [0.29, 0.717) is 12.1 Å². The van der Waals surface area contributed by atoms with Crippen LogP contribution in [-0.4, -0.2) is 7.11 Å². The van der Waals surface area contributed by atoms with Gasteiger partial charge in [-0.2, -0.15) is 5.26 Å². The molecule has 0 amide bonds. The van der Waals surface area contributed by atoms with E-state index in [4.69, 9.17) is 10.00 Å². The molecule has 102 valence electrons. The molecule has 2 rings (SSSR count). The van der Waals surface area contributed by atoms with Gasteiger partial charge >= 0.3 is 0 Å². The number of nitrogens with one attached hydrogen (secondary N) is 1. The van der Waals surface area contributed by atoms with Crippen molar-refractivity contribution in [3.05, 3.63) is 57.8 Å². The van der Waals surface area contributed by atoms with E-state index in [-0.39, 0.29) is 11.6 Å². The van der Waals surface area contributed by atoms with E-state index in [2.05, 4.69) is 27.3 Å². The number of hydrogen-bond donors (Lipinski definition) is 1. The lowest BCUT2D eigenvalue weighted by Gasteiger charge is -2.10. The third-order valence-electron chi connectivity index (χ3n) is 2.80. The molecule has 0 saturated carbocycles. The predicted octanol–water partition coefficient (Wildman–Crippen LogP) is 4.08. The van der Waals surface area contributed by atoms with Gasteiger partial charge in [0.2, 0.25) is 0 Å². The van der Waals surface area contributed by atoms with Crippen LogP contribution in [0.15, 0.2) is 40.9 Å². The number of nitrogens with zero attached hydrogens (tertiary/aromatic N) is 1. The number of hydrogen-bond acceptors (Lipinski definition) is 3. The van der Waals surface area contributed by atoms with Crippen LogP contribution in [-0.2, 0) is 6.54 Å². The zero-order valence-corrected chi connectivity index (χ0v) is 12.4. The van der Waals surface area contributed by atoms with Crippen molar-refractivity contribution in [2.45, 2.75) is 6.54 Å². The Bertz CT molecular complexity index is 667. The number of halogens is 2. The summed E-state index contributed by atoms with van der Waals surface area (Å²) in [6, 6.07) is 12.2. The molecule has 0 aliphatic carbocycles. The van der Waals surface area contributed by atoms with Crippen molar-refractivity contribution in [3.8, 4) is 11.8 Å². The molecule has 0 aliphatic rings. The molecule has 20 heavy (non-hydrogen) atoms. The lowest BCUT2D eigenvalue weighted by Crippen LogP contribution is -2.01. The Balaban J connectivity index is 2.09. The predicted molar refractivity (Wildman–Crippen MR) is 79.1 cm³/mol. The third-order valence-corrected chi connectivity index (χ3v) is 3.45. The summed E-state index contributed by atoms with van der Waals surface area (Å²) in [6.45, 7) is 0.478. The molecule has 0 fully saturated rings. The van der Waals surface area contributed by atoms with Crippen molar-refractivity contribution < 1.29 is 9.13 Å². The van der Waals surface area contributed by atoms with E-state index in [1.54, 1.807) is 24.3 Å². The molecule has 0 bridgehead atoms. The van der Waals surface area contributed by atoms with Crippen LogP contribution in [0.4, 0.5) is 10.1 Å². The van der Waals surface area contributed by atoms with Crippen LogP contribution in [0, 0.1) is 17.1 Å². The summed E-state index contributed by atoms with van der Waals surface area (Å²) >= 11 is 3.39. The zero-order valence-electron chi connectivity index (χ0n) is 10.8. The van der Waals surface area contributed by atoms with Crippen molar-refractivity contribution >= 4 is 21.6 Å². The van der Waals surface area contributed by atoms with E-state index in [1.165, 1.54) is 13.2 Å². The molecule has 0 aromatic heterocycles. The fourth-order valence-corrected chi connectivity index (χ4v) is 2.26. The molecule has 3 nitrogen and oxygen atoms in total.